The number of hydrogen-bond acceptors (Lipinski definition) is 4. The molecule has 2 N–H and O–H groups in total. The predicted octanol–water partition coefficient (Wildman–Crippen LogP) is 3.51. The molecular weight excluding hydrogens is 340 g/mol. The van der Waals surface area contributed by atoms with Crippen LogP contribution in [0.1, 0.15) is 40.5 Å². The summed E-state index contributed by atoms with van der Waals surface area (Å²) in [7, 11) is 0. The highest BCUT2D eigenvalue weighted by Gasteiger charge is 2.29. The summed E-state index contributed by atoms with van der Waals surface area (Å²) in [5.41, 5.74) is 4.58. The van der Waals surface area contributed by atoms with Gasteiger partial charge in [0.25, 0.3) is 5.91 Å². The van der Waals surface area contributed by atoms with Crippen LogP contribution in [0, 0.1) is 6.92 Å². The van der Waals surface area contributed by atoms with E-state index in [1.807, 2.05) is 6.20 Å². The molecule has 1 aliphatic heterocycles. The quantitative estimate of drug-likeness (QED) is 0.747. The second-order valence-corrected chi connectivity index (χ2v) is 7.02. The van der Waals surface area contributed by atoms with Gasteiger partial charge in [-0.3, -0.25) is 9.89 Å². The van der Waals surface area contributed by atoms with E-state index in [0.29, 0.717) is 13.1 Å². The lowest BCUT2D eigenvalue weighted by Crippen LogP contribution is -2.39. The third-order valence-electron chi connectivity index (χ3n) is 5.14. The molecule has 1 unspecified atom stereocenters. The predicted molar refractivity (Wildman–Crippen MR) is 103 cm³/mol. The van der Waals surface area contributed by atoms with Gasteiger partial charge in [0.1, 0.15) is 5.75 Å². The van der Waals surface area contributed by atoms with Gasteiger partial charge in [0.2, 0.25) is 0 Å². The highest BCUT2D eigenvalue weighted by molar-refractivity contribution is 5.94. The van der Waals surface area contributed by atoms with Crippen LogP contribution in [0.5, 0.6) is 5.75 Å². The highest BCUT2D eigenvalue weighted by Crippen LogP contribution is 2.33. The van der Waals surface area contributed by atoms with E-state index in [-0.39, 0.29) is 23.3 Å². The molecule has 3 heterocycles. The van der Waals surface area contributed by atoms with Crippen molar-refractivity contribution in [1.29, 1.82) is 0 Å². The maximum atomic E-state index is 12.8. The molecule has 6 nitrogen and oxygen atoms in total. The Morgan fingerprint density at radius 2 is 2.07 bits per heavy atom. The fourth-order valence-electron chi connectivity index (χ4n) is 3.68. The van der Waals surface area contributed by atoms with Crippen LogP contribution in [-0.4, -0.2) is 44.2 Å². The number of carbonyl (C=O) groups excluding carboxylic acids is 1. The number of benzene rings is 1. The second kappa shape index (κ2) is 7.23. The Bertz CT molecular complexity index is 949. The average molecular weight is 362 g/mol. The van der Waals surface area contributed by atoms with Crippen molar-refractivity contribution in [2.45, 2.75) is 25.7 Å². The standard InChI is InChI=1S/C21H22N4O2/c1-14-6-8-15(9-7-14)17-12-23-24-19(17)16-4-3-11-25(13-16)21(27)20-18(26)5-2-10-22-20/h2,5-10,12,16,26H,3-4,11,13H2,1H3,(H,23,24). The van der Waals surface area contributed by atoms with Crippen LogP contribution in [0.2, 0.25) is 0 Å². The number of aromatic hydroxyl groups is 1. The fraction of sp³-hybridized carbons (Fsp3) is 0.286. The molecule has 1 atom stereocenters. The number of carbonyl (C=O) groups is 1. The van der Waals surface area contributed by atoms with Crippen molar-refractivity contribution < 1.29 is 9.90 Å². The summed E-state index contributed by atoms with van der Waals surface area (Å²) in [5.74, 6) is -0.131. The molecule has 1 fully saturated rings. The van der Waals surface area contributed by atoms with Crippen LogP contribution in [0.25, 0.3) is 11.1 Å². The van der Waals surface area contributed by atoms with Crippen molar-refractivity contribution in [3.05, 3.63) is 65.7 Å². The number of rotatable bonds is 3. The second-order valence-electron chi connectivity index (χ2n) is 7.02. The molecule has 0 bridgehead atoms. The van der Waals surface area contributed by atoms with Gasteiger partial charge in [0.05, 0.1) is 6.20 Å². The van der Waals surface area contributed by atoms with Crippen LogP contribution in [-0.2, 0) is 0 Å². The lowest BCUT2D eigenvalue weighted by Gasteiger charge is -2.32. The minimum absolute atomic E-state index is 0.0773. The van der Waals surface area contributed by atoms with Crippen molar-refractivity contribution in [2.75, 3.05) is 13.1 Å². The van der Waals surface area contributed by atoms with E-state index < -0.39 is 0 Å². The van der Waals surface area contributed by atoms with Gasteiger partial charge in [0, 0.05) is 36.5 Å². The fourth-order valence-corrected chi connectivity index (χ4v) is 3.68. The first-order valence-electron chi connectivity index (χ1n) is 9.17. The van der Waals surface area contributed by atoms with Gasteiger partial charge in [-0.2, -0.15) is 5.10 Å². The van der Waals surface area contributed by atoms with Crippen molar-refractivity contribution in [3.8, 4) is 16.9 Å². The average Bonchev–Trinajstić information content (AvgIpc) is 3.18. The molecule has 1 aromatic carbocycles. The minimum Gasteiger partial charge on any atom is -0.505 e. The molecule has 138 valence electrons. The number of likely N-dealkylation sites (tertiary alicyclic amines) is 1. The van der Waals surface area contributed by atoms with Crippen molar-refractivity contribution in [3.63, 3.8) is 0 Å². The van der Waals surface area contributed by atoms with E-state index in [1.165, 1.54) is 17.8 Å². The maximum absolute atomic E-state index is 12.8. The Labute approximate surface area is 157 Å². The third-order valence-corrected chi connectivity index (χ3v) is 5.14. The first-order valence-corrected chi connectivity index (χ1v) is 9.17. The van der Waals surface area contributed by atoms with E-state index in [4.69, 9.17) is 0 Å². The molecule has 0 saturated carbocycles. The molecule has 0 spiro atoms. The number of amides is 1. The van der Waals surface area contributed by atoms with Gasteiger partial charge < -0.3 is 10.0 Å². The Hall–Kier alpha value is -3.15. The highest BCUT2D eigenvalue weighted by atomic mass is 16.3. The summed E-state index contributed by atoms with van der Waals surface area (Å²) < 4.78 is 0. The maximum Gasteiger partial charge on any atom is 0.276 e. The van der Waals surface area contributed by atoms with E-state index in [0.717, 1.165) is 29.7 Å². The molecule has 0 radical (unpaired) electrons. The SMILES string of the molecule is Cc1ccc(-c2cn[nH]c2C2CCCN(C(=O)c3ncccc3O)C2)cc1. The Kier molecular flexibility index (Phi) is 4.62. The van der Waals surface area contributed by atoms with E-state index in [2.05, 4.69) is 46.4 Å². The van der Waals surface area contributed by atoms with E-state index in [9.17, 15) is 9.90 Å². The summed E-state index contributed by atoms with van der Waals surface area (Å²) in [6.07, 6.45) is 5.26. The van der Waals surface area contributed by atoms with E-state index >= 15 is 0 Å². The number of nitrogens with one attached hydrogen (secondary N) is 1. The lowest BCUT2D eigenvalue weighted by molar-refractivity contribution is 0.0696. The molecular formula is C21H22N4O2. The molecule has 1 aliphatic rings. The number of aryl methyl sites for hydroxylation is 1. The number of hydrogen-bond donors (Lipinski definition) is 2. The van der Waals surface area contributed by atoms with Gasteiger partial charge in [-0.25, -0.2) is 4.98 Å². The molecule has 2 aromatic heterocycles. The monoisotopic (exact) mass is 362 g/mol. The summed E-state index contributed by atoms with van der Waals surface area (Å²) in [6, 6.07) is 11.5. The summed E-state index contributed by atoms with van der Waals surface area (Å²) in [4.78, 5) is 18.6. The van der Waals surface area contributed by atoms with Crippen LogP contribution < -0.4 is 0 Å². The number of nitrogens with zero attached hydrogens (tertiary/aromatic N) is 3. The number of H-pyrrole nitrogens is 1. The first-order chi connectivity index (χ1) is 13.1. The van der Waals surface area contributed by atoms with Gasteiger partial charge in [0.15, 0.2) is 5.69 Å². The molecule has 4 rings (SSSR count). The van der Waals surface area contributed by atoms with Gasteiger partial charge in [-0.05, 0) is 37.5 Å². The Balaban J connectivity index is 1.58. The third kappa shape index (κ3) is 3.43. The number of piperidine rings is 1. The van der Waals surface area contributed by atoms with Gasteiger partial charge >= 0.3 is 0 Å². The first kappa shape index (κ1) is 17.3. The zero-order valence-electron chi connectivity index (χ0n) is 15.2. The number of pyridine rings is 1. The van der Waals surface area contributed by atoms with E-state index in [1.54, 1.807) is 11.0 Å². The largest absolute Gasteiger partial charge is 0.505 e. The molecule has 3 aromatic rings. The molecule has 0 aliphatic carbocycles. The van der Waals surface area contributed by atoms with Crippen LogP contribution in [0.4, 0.5) is 0 Å². The minimum atomic E-state index is -0.228. The van der Waals surface area contributed by atoms with Crippen LogP contribution >= 0.6 is 0 Å². The number of aromatic amines is 1. The smallest absolute Gasteiger partial charge is 0.276 e. The molecule has 1 amide bonds. The van der Waals surface area contributed by atoms with Crippen molar-refractivity contribution in [2.24, 2.45) is 0 Å². The molecule has 27 heavy (non-hydrogen) atoms. The van der Waals surface area contributed by atoms with Crippen LogP contribution in [0.15, 0.2) is 48.8 Å². The van der Waals surface area contributed by atoms with Crippen LogP contribution in [0.3, 0.4) is 0 Å². The lowest BCUT2D eigenvalue weighted by atomic mass is 9.90. The summed E-state index contributed by atoms with van der Waals surface area (Å²) >= 11 is 0. The molecule has 1 saturated heterocycles. The number of aromatic nitrogens is 3. The Morgan fingerprint density at radius 1 is 1.26 bits per heavy atom. The zero-order chi connectivity index (χ0) is 18.8. The zero-order valence-corrected chi connectivity index (χ0v) is 15.2. The van der Waals surface area contributed by atoms with Crippen molar-refractivity contribution >= 4 is 5.91 Å². The van der Waals surface area contributed by atoms with Crippen molar-refractivity contribution in [1.82, 2.24) is 20.1 Å². The summed E-state index contributed by atoms with van der Waals surface area (Å²) in [6.45, 7) is 3.31. The van der Waals surface area contributed by atoms with Gasteiger partial charge in [-0.15, -0.1) is 0 Å². The topological polar surface area (TPSA) is 82.1 Å². The van der Waals surface area contributed by atoms with Gasteiger partial charge in [-0.1, -0.05) is 29.8 Å². The Morgan fingerprint density at radius 3 is 2.85 bits per heavy atom. The molecule has 6 heteroatoms. The summed E-state index contributed by atoms with van der Waals surface area (Å²) in [5, 5.41) is 17.4. The normalized spacial score (nSPS) is 17.1.